The second-order valence-electron chi connectivity index (χ2n) is 7.74. The highest BCUT2D eigenvalue weighted by atomic mass is 35.5. The standard InChI is InChI=1S/C29H21ClN2O/c1-20-19-32-29(18-26(20)25-12-2-3-13-27(25)30)22-9-7-11-24(17-22)33-23-10-6-8-21(16-23)28-14-4-5-15-31-28/h2-19H,1H3. The Morgan fingerprint density at radius 2 is 1.33 bits per heavy atom. The van der Waals surface area contributed by atoms with Gasteiger partial charge in [-0.2, -0.15) is 0 Å². The Kier molecular flexibility index (Phi) is 5.88. The zero-order valence-electron chi connectivity index (χ0n) is 18.1. The van der Waals surface area contributed by atoms with Crippen LogP contribution < -0.4 is 4.74 Å². The first kappa shape index (κ1) is 20.9. The van der Waals surface area contributed by atoms with Crippen molar-refractivity contribution in [1.29, 1.82) is 0 Å². The third-order valence-corrected chi connectivity index (χ3v) is 5.76. The van der Waals surface area contributed by atoms with Gasteiger partial charge in [0.2, 0.25) is 0 Å². The maximum atomic E-state index is 6.46. The van der Waals surface area contributed by atoms with Gasteiger partial charge in [0.05, 0.1) is 11.4 Å². The van der Waals surface area contributed by atoms with Crippen molar-refractivity contribution in [3.05, 3.63) is 120 Å². The van der Waals surface area contributed by atoms with E-state index in [0.717, 1.165) is 55.7 Å². The van der Waals surface area contributed by atoms with Crippen LogP contribution in [0.15, 0.2) is 109 Å². The van der Waals surface area contributed by atoms with Crippen molar-refractivity contribution < 1.29 is 4.74 Å². The fraction of sp³-hybridized carbons (Fsp3) is 0.0345. The number of hydrogen-bond acceptors (Lipinski definition) is 3. The lowest BCUT2D eigenvalue weighted by Gasteiger charge is -2.12. The van der Waals surface area contributed by atoms with Gasteiger partial charge in [-0.1, -0.05) is 60.1 Å². The molecule has 0 spiro atoms. The molecule has 0 amide bonds. The second-order valence-corrected chi connectivity index (χ2v) is 8.14. The van der Waals surface area contributed by atoms with E-state index in [2.05, 4.69) is 16.0 Å². The van der Waals surface area contributed by atoms with Crippen molar-refractivity contribution in [3.8, 4) is 45.1 Å². The van der Waals surface area contributed by atoms with Gasteiger partial charge in [-0.25, -0.2) is 0 Å². The van der Waals surface area contributed by atoms with Crippen LogP contribution >= 0.6 is 11.6 Å². The highest BCUT2D eigenvalue weighted by molar-refractivity contribution is 6.33. The fourth-order valence-electron chi connectivity index (χ4n) is 3.76. The van der Waals surface area contributed by atoms with E-state index in [4.69, 9.17) is 16.3 Å². The first-order valence-corrected chi connectivity index (χ1v) is 11.1. The quantitative estimate of drug-likeness (QED) is 0.271. The molecule has 0 fully saturated rings. The van der Waals surface area contributed by atoms with Gasteiger partial charge in [-0.15, -0.1) is 0 Å². The Labute approximate surface area is 198 Å². The number of benzene rings is 3. The normalized spacial score (nSPS) is 10.7. The van der Waals surface area contributed by atoms with Crippen molar-refractivity contribution >= 4 is 11.6 Å². The molecule has 5 aromatic rings. The van der Waals surface area contributed by atoms with Crippen LogP contribution in [0.4, 0.5) is 0 Å². The number of hydrogen-bond donors (Lipinski definition) is 0. The summed E-state index contributed by atoms with van der Waals surface area (Å²) in [4.78, 5) is 9.08. The Balaban J connectivity index is 1.45. The third-order valence-electron chi connectivity index (χ3n) is 5.43. The number of pyridine rings is 2. The molecule has 0 aliphatic heterocycles. The van der Waals surface area contributed by atoms with Gasteiger partial charge in [0.25, 0.3) is 0 Å². The largest absolute Gasteiger partial charge is 0.457 e. The molecule has 3 aromatic carbocycles. The summed E-state index contributed by atoms with van der Waals surface area (Å²) in [6.07, 6.45) is 3.68. The van der Waals surface area contributed by atoms with E-state index < -0.39 is 0 Å². The summed E-state index contributed by atoms with van der Waals surface area (Å²) < 4.78 is 6.18. The highest BCUT2D eigenvalue weighted by Crippen LogP contribution is 2.34. The van der Waals surface area contributed by atoms with Crippen LogP contribution in [0, 0.1) is 6.92 Å². The number of nitrogens with zero attached hydrogens (tertiary/aromatic N) is 2. The molecule has 0 atom stereocenters. The van der Waals surface area contributed by atoms with Crippen molar-refractivity contribution in [2.75, 3.05) is 0 Å². The predicted molar refractivity (Wildman–Crippen MR) is 135 cm³/mol. The van der Waals surface area contributed by atoms with Crippen LogP contribution in [-0.4, -0.2) is 9.97 Å². The first-order chi connectivity index (χ1) is 16.2. The number of aryl methyl sites for hydroxylation is 1. The summed E-state index contributed by atoms with van der Waals surface area (Å²) in [5.41, 5.74) is 6.90. The molecule has 0 saturated carbocycles. The maximum Gasteiger partial charge on any atom is 0.128 e. The summed E-state index contributed by atoms with van der Waals surface area (Å²) in [5, 5.41) is 0.725. The lowest BCUT2D eigenvalue weighted by Crippen LogP contribution is -1.91. The van der Waals surface area contributed by atoms with E-state index in [0.29, 0.717) is 0 Å². The van der Waals surface area contributed by atoms with E-state index in [1.165, 1.54) is 0 Å². The van der Waals surface area contributed by atoms with Crippen LogP contribution in [0.25, 0.3) is 33.6 Å². The van der Waals surface area contributed by atoms with Crippen molar-refractivity contribution in [1.82, 2.24) is 9.97 Å². The van der Waals surface area contributed by atoms with Gasteiger partial charge in [0.1, 0.15) is 11.5 Å². The van der Waals surface area contributed by atoms with E-state index in [1.807, 2.05) is 104 Å². The first-order valence-electron chi connectivity index (χ1n) is 10.7. The van der Waals surface area contributed by atoms with Crippen LogP contribution in [0.1, 0.15) is 5.56 Å². The summed E-state index contributed by atoms with van der Waals surface area (Å²) in [7, 11) is 0. The molecular formula is C29H21ClN2O. The summed E-state index contributed by atoms with van der Waals surface area (Å²) >= 11 is 6.46. The molecule has 4 heteroatoms. The summed E-state index contributed by atoms with van der Waals surface area (Å²) in [6.45, 7) is 2.05. The Morgan fingerprint density at radius 3 is 2.03 bits per heavy atom. The van der Waals surface area contributed by atoms with Gasteiger partial charge < -0.3 is 4.74 Å². The molecule has 2 aromatic heterocycles. The van der Waals surface area contributed by atoms with Gasteiger partial charge in [-0.05, 0) is 66.6 Å². The average molecular weight is 449 g/mol. The lowest BCUT2D eigenvalue weighted by molar-refractivity contribution is 0.483. The van der Waals surface area contributed by atoms with Crippen molar-refractivity contribution in [2.45, 2.75) is 6.92 Å². The Hall–Kier alpha value is -3.95. The van der Waals surface area contributed by atoms with Gasteiger partial charge >= 0.3 is 0 Å². The highest BCUT2D eigenvalue weighted by Gasteiger charge is 2.10. The molecule has 33 heavy (non-hydrogen) atoms. The monoisotopic (exact) mass is 448 g/mol. The smallest absolute Gasteiger partial charge is 0.128 e. The topological polar surface area (TPSA) is 35.0 Å². The summed E-state index contributed by atoms with van der Waals surface area (Å²) in [5.74, 6) is 1.50. The summed E-state index contributed by atoms with van der Waals surface area (Å²) in [6, 6.07) is 31.7. The number of aromatic nitrogens is 2. The number of ether oxygens (including phenoxy) is 1. The molecule has 0 aliphatic carbocycles. The van der Waals surface area contributed by atoms with Crippen LogP contribution in [0.5, 0.6) is 11.5 Å². The van der Waals surface area contributed by atoms with Crippen molar-refractivity contribution in [3.63, 3.8) is 0 Å². The van der Waals surface area contributed by atoms with Gasteiger partial charge in [0.15, 0.2) is 0 Å². The van der Waals surface area contributed by atoms with E-state index >= 15 is 0 Å². The van der Waals surface area contributed by atoms with E-state index in [-0.39, 0.29) is 0 Å². The lowest BCUT2D eigenvalue weighted by atomic mass is 9.99. The molecule has 0 saturated heterocycles. The molecule has 0 unspecified atom stereocenters. The van der Waals surface area contributed by atoms with Gasteiger partial charge in [0, 0.05) is 34.1 Å². The minimum atomic E-state index is 0.725. The Bertz CT molecular complexity index is 1420. The molecular weight excluding hydrogens is 428 g/mol. The van der Waals surface area contributed by atoms with Crippen LogP contribution in [-0.2, 0) is 0 Å². The fourth-order valence-corrected chi connectivity index (χ4v) is 4.00. The minimum Gasteiger partial charge on any atom is -0.457 e. The second kappa shape index (κ2) is 9.27. The molecule has 0 bridgehead atoms. The zero-order valence-corrected chi connectivity index (χ0v) is 18.8. The minimum absolute atomic E-state index is 0.725. The zero-order chi connectivity index (χ0) is 22.6. The van der Waals surface area contributed by atoms with Crippen molar-refractivity contribution in [2.24, 2.45) is 0 Å². The molecule has 160 valence electrons. The predicted octanol–water partition coefficient (Wildman–Crippen LogP) is 8.23. The van der Waals surface area contributed by atoms with Crippen LogP contribution in [0.3, 0.4) is 0 Å². The molecule has 0 radical (unpaired) electrons. The molecule has 0 aliphatic rings. The Morgan fingerprint density at radius 1 is 0.636 bits per heavy atom. The van der Waals surface area contributed by atoms with Crippen LogP contribution in [0.2, 0.25) is 5.02 Å². The molecule has 3 nitrogen and oxygen atoms in total. The molecule has 2 heterocycles. The average Bonchev–Trinajstić information content (AvgIpc) is 2.86. The van der Waals surface area contributed by atoms with Gasteiger partial charge in [-0.3, -0.25) is 9.97 Å². The van der Waals surface area contributed by atoms with E-state index in [1.54, 1.807) is 6.20 Å². The van der Waals surface area contributed by atoms with E-state index in [9.17, 15) is 0 Å². The molecule has 0 N–H and O–H groups in total. The number of halogens is 1. The molecule has 5 rings (SSSR count). The maximum absolute atomic E-state index is 6.46. The third kappa shape index (κ3) is 4.64. The number of rotatable bonds is 5. The SMILES string of the molecule is Cc1cnc(-c2cccc(Oc3cccc(-c4ccccn4)c3)c2)cc1-c1ccccc1Cl.